The van der Waals surface area contributed by atoms with E-state index in [1.165, 1.54) is 11.1 Å². The Balaban J connectivity index is 1.51. The Morgan fingerprint density at radius 1 is 1.00 bits per heavy atom. The van der Waals surface area contributed by atoms with E-state index in [4.69, 9.17) is 11.6 Å². The second kappa shape index (κ2) is 7.18. The number of rotatable bonds is 3. The van der Waals surface area contributed by atoms with Gasteiger partial charge in [-0.15, -0.1) is 0 Å². The topological polar surface area (TPSA) is 45.2 Å². The first kappa shape index (κ1) is 16.6. The van der Waals surface area contributed by atoms with Crippen molar-refractivity contribution in [3.63, 3.8) is 0 Å². The van der Waals surface area contributed by atoms with Crippen LogP contribution in [0.15, 0.2) is 67.0 Å². The molecule has 0 fully saturated rings. The second-order valence-electron chi connectivity index (χ2n) is 6.34. The standard InChI is InChI=1S/C21H18ClN3O/c22-18-5-7-19(8-6-18)24-20-11-17(12-23-13-20)21(26)25-10-9-15-3-1-2-4-16(15)14-25/h1-8,11-13,24H,9-10,14H2. The summed E-state index contributed by atoms with van der Waals surface area (Å²) in [4.78, 5) is 19.0. The number of pyridine rings is 1. The smallest absolute Gasteiger partial charge is 0.255 e. The van der Waals surface area contributed by atoms with Gasteiger partial charge in [-0.3, -0.25) is 9.78 Å². The number of hydrogen-bond donors (Lipinski definition) is 1. The maximum absolute atomic E-state index is 12.9. The van der Waals surface area contributed by atoms with E-state index in [1.807, 2.05) is 47.4 Å². The second-order valence-corrected chi connectivity index (χ2v) is 6.78. The fraction of sp³-hybridized carbons (Fsp3) is 0.143. The van der Waals surface area contributed by atoms with Crippen LogP contribution < -0.4 is 5.32 Å². The normalized spacial score (nSPS) is 13.2. The van der Waals surface area contributed by atoms with Gasteiger partial charge in [-0.1, -0.05) is 35.9 Å². The maximum atomic E-state index is 12.9. The Labute approximate surface area is 157 Å². The highest BCUT2D eigenvalue weighted by Gasteiger charge is 2.21. The van der Waals surface area contributed by atoms with E-state index in [0.29, 0.717) is 17.1 Å². The number of aromatic nitrogens is 1. The van der Waals surface area contributed by atoms with Gasteiger partial charge in [0.25, 0.3) is 5.91 Å². The Morgan fingerprint density at radius 3 is 2.58 bits per heavy atom. The fourth-order valence-corrected chi connectivity index (χ4v) is 3.30. The van der Waals surface area contributed by atoms with Crippen LogP contribution in [-0.4, -0.2) is 22.3 Å². The van der Waals surface area contributed by atoms with Crippen LogP contribution in [0.3, 0.4) is 0 Å². The lowest BCUT2D eigenvalue weighted by molar-refractivity contribution is 0.0734. The van der Waals surface area contributed by atoms with Crippen molar-refractivity contribution in [2.24, 2.45) is 0 Å². The minimum Gasteiger partial charge on any atom is -0.354 e. The van der Waals surface area contributed by atoms with Gasteiger partial charge in [0.15, 0.2) is 0 Å². The Kier molecular flexibility index (Phi) is 4.59. The van der Waals surface area contributed by atoms with Crippen molar-refractivity contribution in [2.75, 3.05) is 11.9 Å². The lowest BCUT2D eigenvalue weighted by atomic mass is 9.99. The van der Waals surface area contributed by atoms with Gasteiger partial charge in [-0.05, 0) is 47.9 Å². The molecule has 5 heteroatoms. The number of hydrogen-bond acceptors (Lipinski definition) is 3. The molecule has 1 N–H and O–H groups in total. The van der Waals surface area contributed by atoms with Crippen LogP contribution in [-0.2, 0) is 13.0 Å². The Hall–Kier alpha value is -2.85. The summed E-state index contributed by atoms with van der Waals surface area (Å²) in [5.41, 5.74) is 4.80. The fourth-order valence-electron chi connectivity index (χ4n) is 3.18. The van der Waals surface area contributed by atoms with Gasteiger partial charge in [0.1, 0.15) is 0 Å². The first-order chi connectivity index (χ1) is 12.7. The molecule has 1 aliphatic heterocycles. The molecule has 1 aromatic heterocycles. The third-order valence-corrected chi connectivity index (χ3v) is 4.79. The zero-order valence-corrected chi connectivity index (χ0v) is 14.9. The zero-order chi connectivity index (χ0) is 17.9. The molecule has 1 amide bonds. The number of carbonyl (C=O) groups excluding carboxylic acids is 1. The van der Waals surface area contributed by atoms with Crippen LogP contribution in [0.2, 0.25) is 5.02 Å². The predicted octanol–water partition coefficient (Wildman–Crippen LogP) is 4.68. The van der Waals surface area contributed by atoms with Gasteiger partial charge in [0.2, 0.25) is 0 Å². The molecule has 0 bridgehead atoms. The number of nitrogens with one attached hydrogen (secondary N) is 1. The number of halogens is 1. The summed E-state index contributed by atoms with van der Waals surface area (Å²) in [5, 5.41) is 3.94. The highest BCUT2D eigenvalue weighted by Crippen LogP contribution is 2.22. The quantitative estimate of drug-likeness (QED) is 0.735. The van der Waals surface area contributed by atoms with E-state index in [9.17, 15) is 4.79 Å². The van der Waals surface area contributed by atoms with E-state index in [0.717, 1.165) is 24.3 Å². The molecule has 0 saturated carbocycles. The maximum Gasteiger partial charge on any atom is 0.255 e. The minimum atomic E-state index is 0.00626. The molecule has 26 heavy (non-hydrogen) atoms. The van der Waals surface area contributed by atoms with Crippen molar-refractivity contribution in [2.45, 2.75) is 13.0 Å². The summed E-state index contributed by atoms with van der Waals surface area (Å²) in [6, 6.07) is 17.5. The van der Waals surface area contributed by atoms with E-state index in [-0.39, 0.29) is 5.91 Å². The summed E-state index contributed by atoms with van der Waals surface area (Å²) in [7, 11) is 0. The zero-order valence-electron chi connectivity index (χ0n) is 14.2. The molecule has 0 spiro atoms. The number of nitrogens with zero attached hydrogens (tertiary/aromatic N) is 2. The number of carbonyl (C=O) groups is 1. The van der Waals surface area contributed by atoms with Crippen LogP contribution >= 0.6 is 11.6 Å². The highest BCUT2D eigenvalue weighted by molar-refractivity contribution is 6.30. The summed E-state index contributed by atoms with van der Waals surface area (Å²) < 4.78 is 0. The van der Waals surface area contributed by atoms with Crippen LogP contribution in [0.5, 0.6) is 0 Å². The first-order valence-electron chi connectivity index (χ1n) is 8.53. The average molecular weight is 364 g/mol. The number of amides is 1. The van der Waals surface area contributed by atoms with Crippen molar-refractivity contribution < 1.29 is 4.79 Å². The van der Waals surface area contributed by atoms with Crippen LogP contribution in [0.25, 0.3) is 0 Å². The van der Waals surface area contributed by atoms with Crippen LogP contribution in [0, 0.1) is 0 Å². The van der Waals surface area contributed by atoms with E-state index < -0.39 is 0 Å². The first-order valence-corrected chi connectivity index (χ1v) is 8.90. The van der Waals surface area contributed by atoms with Crippen molar-refractivity contribution in [3.05, 3.63) is 88.7 Å². The summed E-state index contributed by atoms with van der Waals surface area (Å²) in [5.74, 6) is 0.00626. The molecular weight excluding hydrogens is 346 g/mol. The molecular formula is C21H18ClN3O. The number of benzene rings is 2. The van der Waals surface area contributed by atoms with Crippen molar-refractivity contribution >= 4 is 28.9 Å². The SMILES string of the molecule is O=C(c1cncc(Nc2ccc(Cl)cc2)c1)N1CCc2ccccc2C1. The molecule has 0 saturated heterocycles. The van der Waals surface area contributed by atoms with Crippen LogP contribution in [0.4, 0.5) is 11.4 Å². The van der Waals surface area contributed by atoms with Gasteiger partial charge >= 0.3 is 0 Å². The molecule has 4 rings (SSSR count). The van der Waals surface area contributed by atoms with Gasteiger partial charge < -0.3 is 10.2 Å². The average Bonchev–Trinajstić information content (AvgIpc) is 2.69. The summed E-state index contributed by atoms with van der Waals surface area (Å²) in [6.07, 6.45) is 4.21. The molecule has 2 aromatic carbocycles. The summed E-state index contributed by atoms with van der Waals surface area (Å²) >= 11 is 5.91. The van der Waals surface area contributed by atoms with E-state index >= 15 is 0 Å². The monoisotopic (exact) mass is 363 g/mol. The number of anilines is 2. The van der Waals surface area contributed by atoms with Crippen molar-refractivity contribution in [1.29, 1.82) is 0 Å². The van der Waals surface area contributed by atoms with Gasteiger partial charge in [-0.25, -0.2) is 0 Å². The van der Waals surface area contributed by atoms with E-state index in [1.54, 1.807) is 12.4 Å². The Bertz CT molecular complexity index is 940. The number of fused-ring (bicyclic) bond motifs is 1. The van der Waals surface area contributed by atoms with Gasteiger partial charge in [0, 0.05) is 30.0 Å². The largest absolute Gasteiger partial charge is 0.354 e. The molecule has 2 heterocycles. The minimum absolute atomic E-state index is 0.00626. The Morgan fingerprint density at radius 2 is 1.77 bits per heavy atom. The molecule has 1 aliphatic rings. The van der Waals surface area contributed by atoms with Crippen molar-refractivity contribution in [1.82, 2.24) is 9.88 Å². The predicted molar refractivity (Wildman–Crippen MR) is 104 cm³/mol. The third-order valence-electron chi connectivity index (χ3n) is 4.54. The highest BCUT2D eigenvalue weighted by atomic mass is 35.5. The lowest BCUT2D eigenvalue weighted by Gasteiger charge is -2.29. The molecule has 130 valence electrons. The third kappa shape index (κ3) is 3.55. The summed E-state index contributed by atoms with van der Waals surface area (Å²) in [6.45, 7) is 1.37. The van der Waals surface area contributed by atoms with Gasteiger partial charge in [-0.2, -0.15) is 0 Å². The lowest BCUT2D eigenvalue weighted by Crippen LogP contribution is -2.36. The molecule has 0 unspecified atom stereocenters. The van der Waals surface area contributed by atoms with Crippen molar-refractivity contribution in [3.8, 4) is 0 Å². The molecule has 3 aromatic rings. The molecule has 0 atom stereocenters. The van der Waals surface area contributed by atoms with E-state index in [2.05, 4.69) is 22.4 Å². The van der Waals surface area contributed by atoms with Crippen LogP contribution in [0.1, 0.15) is 21.5 Å². The molecule has 0 aliphatic carbocycles. The van der Waals surface area contributed by atoms with Gasteiger partial charge in [0.05, 0.1) is 17.4 Å². The molecule has 0 radical (unpaired) electrons. The molecule has 4 nitrogen and oxygen atoms in total.